The Bertz CT molecular complexity index is 892. The molecule has 0 saturated heterocycles. The van der Waals surface area contributed by atoms with E-state index in [2.05, 4.69) is 0 Å². The number of rotatable bonds is 4. The number of hydrogen-bond donors (Lipinski definition) is 1. The summed E-state index contributed by atoms with van der Waals surface area (Å²) in [7, 11) is 1.51. The molecule has 0 aliphatic rings. The first kappa shape index (κ1) is 16.5. The smallest absolute Gasteiger partial charge is 0.304 e. The molecule has 0 aliphatic carbocycles. The monoisotopic (exact) mass is 358 g/mol. The third-order valence-corrected chi connectivity index (χ3v) is 4.36. The third-order valence-electron chi connectivity index (χ3n) is 3.79. The third kappa shape index (κ3) is 3.01. The van der Waals surface area contributed by atoms with Crippen molar-refractivity contribution in [2.45, 2.75) is 0 Å². The minimum absolute atomic E-state index is 0.311. The van der Waals surface area contributed by atoms with Crippen molar-refractivity contribution < 1.29 is 9.91 Å². The highest BCUT2D eigenvalue weighted by molar-refractivity contribution is 6.34. The number of ether oxygens (including phenoxy) is 1. The number of nitrogens with one attached hydrogen (secondary N) is 1. The lowest BCUT2D eigenvalue weighted by atomic mass is 9.93. The molecular weight excluding hydrogens is 345 g/mol. The summed E-state index contributed by atoms with van der Waals surface area (Å²) in [4.78, 5) is 11.5. The van der Waals surface area contributed by atoms with Gasteiger partial charge in [0, 0.05) is 15.1 Å². The van der Waals surface area contributed by atoms with Gasteiger partial charge < -0.3 is 4.74 Å². The summed E-state index contributed by atoms with van der Waals surface area (Å²) < 4.78 is 5.28. The lowest BCUT2D eigenvalue weighted by molar-refractivity contribution is -0.379. The van der Waals surface area contributed by atoms with Crippen LogP contribution in [-0.4, -0.2) is 7.11 Å². The van der Waals surface area contributed by atoms with E-state index >= 15 is 0 Å². The second-order valence-electron chi connectivity index (χ2n) is 5.15. The van der Waals surface area contributed by atoms with E-state index in [9.17, 15) is 4.91 Å². The maximum atomic E-state index is 11.5. The molecule has 24 heavy (non-hydrogen) atoms. The van der Waals surface area contributed by atoms with Gasteiger partial charge in [0.25, 0.3) is 0 Å². The van der Waals surface area contributed by atoms with Crippen LogP contribution in [0.4, 0.5) is 5.69 Å². The highest BCUT2D eigenvalue weighted by Crippen LogP contribution is 2.42. The van der Waals surface area contributed by atoms with Crippen molar-refractivity contribution in [3.63, 3.8) is 0 Å². The number of hydrogen-bond acceptors (Lipinski definition) is 2. The van der Waals surface area contributed by atoms with Gasteiger partial charge in [0.15, 0.2) is 5.75 Å². The Labute approximate surface area is 149 Å². The quantitative estimate of drug-likeness (QED) is 0.726. The zero-order valence-electron chi connectivity index (χ0n) is 12.8. The molecule has 120 valence electrons. The minimum Gasteiger partial charge on any atom is -0.490 e. The highest BCUT2D eigenvalue weighted by atomic mass is 35.5. The van der Waals surface area contributed by atoms with E-state index in [1.165, 1.54) is 7.11 Å². The van der Waals surface area contributed by atoms with Crippen LogP contribution in [-0.2, 0) is 0 Å². The number of halogens is 2. The van der Waals surface area contributed by atoms with Crippen LogP contribution in [0.25, 0.3) is 22.3 Å². The zero-order chi connectivity index (χ0) is 17.1. The molecule has 3 aromatic rings. The molecule has 3 nitrogen and oxygen atoms in total. The van der Waals surface area contributed by atoms with Gasteiger partial charge in [-0.15, -0.1) is 0 Å². The van der Waals surface area contributed by atoms with Crippen molar-refractivity contribution in [1.29, 1.82) is 0 Å². The van der Waals surface area contributed by atoms with Gasteiger partial charge in [0.2, 0.25) is 0 Å². The zero-order valence-corrected chi connectivity index (χ0v) is 14.4. The van der Waals surface area contributed by atoms with Crippen molar-refractivity contribution in [1.82, 2.24) is 0 Å². The largest absolute Gasteiger partial charge is 0.490 e. The molecule has 1 N–H and O–H groups in total. The maximum Gasteiger partial charge on any atom is 0.304 e. The molecule has 0 bridgehead atoms. The Morgan fingerprint density at radius 1 is 0.875 bits per heavy atom. The topological polar surface area (TPSA) is 40.3 Å². The Hall–Kier alpha value is -2.36. The van der Waals surface area contributed by atoms with Crippen molar-refractivity contribution in [3.05, 3.63) is 75.6 Å². The van der Waals surface area contributed by atoms with Gasteiger partial charge in [0.05, 0.1) is 17.7 Å². The molecule has 5 heteroatoms. The standard InChI is InChI=1S/C19H13Cl2NO2/c1-24-17-11-10-16(21)18(19(17)22-23)15-5-3-2-4-14(15)12-6-8-13(20)9-7-12/h2-11H,1H3/p+1. The molecule has 3 aromatic carbocycles. The van der Waals surface area contributed by atoms with Crippen molar-refractivity contribution >= 4 is 28.9 Å². The van der Waals surface area contributed by atoms with Crippen LogP contribution in [0.2, 0.25) is 10.0 Å². The molecule has 0 unspecified atom stereocenters. The Kier molecular flexibility index (Phi) is 4.84. The number of benzene rings is 3. The Balaban J connectivity index is 2.29. The Morgan fingerprint density at radius 3 is 2.17 bits per heavy atom. The first-order valence-electron chi connectivity index (χ1n) is 7.25. The fraction of sp³-hybridized carbons (Fsp3) is 0.0526. The Morgan fingerprint density at radius 2 is 1.54 bits per heavy atom. The highest BCUT2D eigenvalue weighted by Gasteiger charge is 2.23. The fourth-order valence-corrected chi connectivity index (χ4v) is 3.06. The molecule has 0 saturated carbocycles. The molecule has 0 aliphatic heterocycles. The molecule has 0 atom stereocenters. The van der Waals surface area contributed by atoms with Gasteiger partial charge in [-0.1, -0.05) is 59.6 Å². The molecule has 0 radical (unpaired) electrons. The normalized spacial score (nSPS) is 10.5. The van der Waals surface area contributed by atoms with Crippen LogP contribution in [0.3, 0.4) is 0 Å². The fourth-order valence-electron chi connectivity index (χ4n) is 2.68. The van der Waals surface area contributed by atoms with E-state index in [0.717, 1.165) is 16.7 Å². The number of nitroso groups, excluding NO2 is 1. The van der Waals surface area contributed by atoms with E-state index < -0.39 is 0 Å². The van der Waals surface area contributed by atoms with Gasteiger partial charge >= 0.3 is 5.69 Å². The summed E-state index contributed by atoms with van der Waals surface area (Å²) in [5.74, 6) is 0.440. The summed E-state index contributed by atoms with van der Waals surface area (Å²) in [5.41, 5.74) is 3.68. The van der Waals surface area contributed by atoms with Gasteiger partial charge in [0.1, 0.15) is 0 Å². The van der Waals surface area contributed by atoms with Crippen LogP contribution >= 0.6 is 23.2 Å². The second-order valence-corrected chi connectivity index (χ2v) is 6.00. The predicted octanol–water partition coefficient (Wildman–Crippen LogP) is 4.81. The summed E-state index contributed by atoms with van der Waals surface area (Å²) in [6.07, 6.45) is 0. The predicted molar refractivity (Wildman–Crippen MR) is 97.9 cm³/mol. The maximum absolute atomic E-state index is 11.5. The van der Waals surface area contributed by atoms with E-state index in [-0.39, 0.29) is 0 Å². The summed E-state index contributed by atoms with van der Waals surface area (Å²) in [5, 5.41) is 3.09. The first-order valence-corrected chi connectivity index (χ1v) is 8.01. The average Bonchev–Trinajstić information content (AvgIpc) is 2.62. The molecule has 0 aromatic heterocycles. The summed E-state index contributed by atoms with van der Waals surface area (Å²) >= 11 is 12.4. The molecule has 0 amide bonds. The molecule has 3 rings (SSSR count). The van der Waals surface area contributed by atoms with Gasteiger partial charge in [-0.2, -0.15) is 0 Å². The van der Waals surface area contributed by atoms with E-state index in [0.29, 0.717) is 27.0 Å². The summed E-state index contributed by atoms with van der Waals surface area (Å²) in [6, 6.07) is 18.6. The molecular formula is C19H14Cl2NO2+. The minimum atomic E-state index is 0.311. The number of methoxy groups -OCH3 is 1. The van der Waals surface area contributed by atoms with Crippen LogP contribution < -0.4 is 9.91 Å². The van der Waals surface area contributed by atoms with E-state index in [1.54, 1.807) is 12.1 Å². The van der Waals surface area contributed by atoms with E-state index in [4.69, 9.17) is 27.9 Å². The van der Waals surface area contributed by atoms with Gasteiger partial charge in [-0.3, -0.25) is 0 Å². The summed E-state index contributed by atoms with van der Waals surface area (Å²) in [6.45, 7) is 0. The van der Waals surface area contributed by atoms with Gasteiger partial charge in [-0.25, -0.2) is 0 Å². The van der Waals surface area contributed by atoms with Gasteiger partial charge in [-0.05, 0) is 41.0 Å². The average molecular weight is 359 g/mol. The molecule has 0 heterocycles. The van der Waals surface area contributed by atoms with Crippen LogP contribution in [0, 0.1) is 4.91 Å². The first-order chi connectivity index (χ1) is 11.7. The van der Waals surface area contributed by atoms with Crippen LogP contribution in [0.5, 0.6) is 5.75 Å². The van der Waals surface area contributed by atoms with Crippen LogP contribution in [0.15, 0.2) is 60.7 Å². The van der Waals surface area contributed by atoms with Crippen molar-refractivity contribution in [2.75, 3.05) is 7.11 Å². The second kappa shape index (κ2) is 7.04. The SMILES string of the molecule is COc1ccc(Cl)c(-c2ccccc2-c2ccc(Cl)cc2)c1[NH+]=O. The molecule has 0 fully saturated rings. The van der Waals surface area contributed by atoms with Crippen molar-refractivity contribution in [2.24, 2.45) is 0 Å². The molecule has 0 spiro atoms. The lowest BCUT2D eigenvalue weighted by Gasteiger charge is -2.12. The van der Waals surface area contributed by atoms with E-state index in [1.807, 2.05) is 53.7 Å². The lowest BCUT2D eigenvalue weighted by Crippen LogP contribution is -2.56. The van der Waals surface area contributed by atoms with Crippen LogP contribution in [0.1, 0.15) is 0 Å². The van der Waals surface area contributed by atoms with Crippen molar-refractivity contribution in [3.8, 4) is 28.0 Å².